The van der Waals surface area contributed by atoms with Gasteiger partial charge < -0.3 is 4.90 Å². The lowest BCUT2D eigenvalue weighted by atomic mass is 10.1. The quantitative estimate of drug-likeness (QED) is 0.611. The Kier molecular flexibility index (Phi) is 5.09. The molecule has 0 unspecified atom stereocenters. The minimum Gasteiger partial charge on any atom is -0.336 e. The molecule has 1 aromatic heterocycles. The zero-order valence-corrected chi connectivity index (χ0v) is 15.6. The van der Waals surface area contributed by atoms with Crippen molar-refractivity contribution in [1.82, 2.24) is 9.88 Å². The van der Waals surface area contributed by atoms with Gasteiger partial charge in [-0.15, -0.1) is 11.3 Å². The molecule has 0 spiro atoms. The van der Waals surface area contributed by atoms with Gasteiger partial charge in [-0.3, -0.25) is 4.79 Å². The number of carbonyl (C=O) groups is 1. The molecule has 0 saturated heterocycles. The van der Waals surface area contributed by atoms with Crippen molar-refractivity contribution in [2.24, 2.45) is 0 Å². The van der Waals surface area contributed by atoms with Gasteiger partial charge >= 0.3 is 0 Å². The first-order chi connectivity index (χ1) is 11.5. The predicted octanol–water partition coefficient (Wildman–Crippen LogP) is 5.37. The molecule has 124 valence electrons. The van der Waals surface area contributed by atoms with Crippen molar-refractivity contribution in [2.75, 3.05) is 7.05 Å². The van der Waals surface area contributed by atoms with Gasteiger partial charge in [-0.25, -0.2) is 4.98 Å². The number of aromatic nitrogens is 1. The van der Waals surface area contributed by atoms with Crippen LogP contribution in [0.25, 0.3) is 10.2 Å². The van der Waals surface area contributed by atoms with Gasteiger partial charge in [0.15, 0.2) is 0 Å². The maximum absolute atomic E-state index is 12.6. The van der Waals surface area contributed by atoms with E-state index in [2.05, 4.69) is 4.98 Å². The van der Waals surface area contributed by atoms with Crippen LogP contribution in [0.1, 0.15) is 23.5 Å². The second-order valence-corrected chi connectivity index (χ2v) is 7.45. The van der Waals surface area contributed by atoms with Crippen LogP contribution in [0.15, 0.2) is 42.5 Å². The number of benzene rings is 2. The van der Waals surface area contributed by atoms with E-state index in [0.29, 0.717) is 15.6 Å². The molecule has 1 amide bonds. The summed E-state index contributed by atoms with van der Waals surface area (Å²) in [5.41, 5.74) is 1.62. The first-order valence-electron chi connectivity index (χ1n) is 7.51. The highest BCUT2D eigenvalue weighted by Gasteiger charge is 2.22. The van der Waals surface area contributed by atoms with Crippen molar-refractivity contribution in [3.05, 3.63) is 63.1 Å². The Morgan fingerprint density at radius 2 is 1.83 bits per heavy atom. The highest BCUT2D eigenvalue weighted by Crippen LogP contribution is 2.30. The zero-order valence-electron chi connectivity index (χ0n) is 13.3. The Balaban J connectivity index is 1.79. The molecule has 0 fully saturated rings. The number of fused-ring (bicyclic) bond motifs is 1. The van der Waals surface area contributed by atoms with Gasteiger partial charge in [0.2, 0.25) is 5.91 Å². The summed E-state index contributed by atoms with van der Waals surface area (Å²) in [4.78, 5) is 19.0. The summed E-state index contributed by atoms with van der Waals surface area (Å²) in [6.07, 6.45) is 0.171. The highest BCUT2D eigenvalue weighted by atomic mass is 35.5. The van der Waals surface area contributed by atoms with Gasteiger partial charge in [0.25, 0.3) is 0 Å². The molecular formula is C18H16Cl2N2OS. The number of rotatable bonds is 4. The van der Waals surface area contributed by atoms with Gasteiger partial charge in [-0.05, 0) is 36.8 Å². The number of amides is 1. The first kappa shape index (κ1) is 17.2. The summed E-state index contributed by atoms with van der Waals surface area (Å²) in [6, 6.07) is 13.1. The van der Waals surface area contributed by atoms with Crippen LogP contribution < -0.4 is 0 Å². The van der Waals surface area contributed by atoms with Crippen molar-refractivity contribution in [3.63, 3.8) is 0 Å². The van der Waals surface area contributed by atoms with E-state index < -0.39 is 0 Å². The van der Waals surface area contributed by atoms with E-state index in [4.69, 9.17) is 23.2 Å². The van der Waals surface area contributed by atoms with Gasteiger partial charge in [0.05, 0.1) is 22.7 Å². The van der Waals surface area contributed by atoms with Gasteiger partial charge in [-0.2, -0.15) is 0 Å². The predicted molar refractivity (Wildman–Crippen MR) is 101 cm³/mol. The lowest BCUT2D eigenvalue weighted by Crippen LogP contribution is -2.31. The van der Waals surface area contributed by atoms with E-state index in [9.17, 15) is 4.79 Å². The van der Waals surface area contributed by atoms with E-state index in [1.165, 1.54) is 0 Å². The normalized spacial score (nSPS) is 12.3. The smallest absolute Gasteiger partial charge is 0.227 e. The fourth-order valence-corrected chi connectivity index (χ4v) is 4.02. The summed E-state index contributed by atoms with van der Waals surface area (Å²) in [5.74, 6) is -0.0447. The fourth-order valence-electron chi connectivity index (χ4n) is 2.43. The van der Waals surface area contributed by atoms with Gasteiger partial charge in [0, 0.05) is 17.1 Å². The molecule has 0 aliphatic rings. The Bertz CT molecular complexity index is 840. The zero-order chi connectivity index (χ0) is 17.3. The first-order valence-corrected chi connectivity index (χ1v) is 9.08. The van der Waals surface area contributed by atoms with Crippen LogP contribution in [-0.2, 0) is 11.2 Å². The lowest BCUT2D eigenvalue weighted by Gasteiger charge is -2.23. The number of thiazole rings is 1. The summed E-state index contributed by atoms with van der Waals surface area (Å²) in [5, 5.41) is 1.94. The maximum atomic E-state index is 12.6. The van der Waals surface area contributed by atoms with E-state index in [1.807, 2.05) is 31.2 Å². The molecule has 24 heavy (non-hydrogen) atoms. The Hall–Kier alpha value is -1.62. The van der Waals surface area contributed by atoms with E-state index in [1.54, 1.807) is 41.5 Å². The highest BCUT2D eigenvalue weighted by molar-refractivity contribution is 7.18. The molecule has 0 aliphatic heterocycles. The van der Waals surface area contributed by atoms with Crippen LogP contribution >= 0.6 is 34.5 Å². The second kappa shape index (κ2) is 7.09. The van der Waals surface area contributed by atoms with E-state index >= 15 is 0 Å². The van der Waals surface area contributed by atoms with Crippen LogP contribution in [0, 0.1) is 0 Å². The van der Waals surface area contributed by atoms with Crippen molar-refractivity contribution >= 4 is 50.7 Å². The fraction of sp³-hybridized carbons (Fsp3) is 0.222. The van der Waals surface area contributed by atoms with Crippen LogP contribution in [0.3, 0.4) is 0 Å². The van der Waals surface area contributed by atoms with Crippen LogP contribution in [0.5, 0.6) is 0 Å². The maximum Gasteiger partial charge on any atom is 0.227 e. The van der Waals surface area contributed by atoms with Crippen molar-refractivity contribution in [1.29, 1.82) is 0 Å². The number of hydrogen-bond acceptors (Lipinski definition) is 3. The minimum absolute atomic E-state index is 0.0447. The average molecular weight is 379 g/mol. The molecule has 0 bridgehead atoms. The number of nitrogens with zero attached hydrogens (tertiary/aromatic N) is 2. The number of carbonyl (C=O) groups excluding carboxylic acids is 1. The van der Waals surface area contributed by atoms with Crippen molar-refractivity contribution < 1.29 is 4.79 Å². The topological polar surface area (TPSA) is 33.2 Å². The summed E-state index contributed by atoms with van der Waals surface area (Å²) in [7, 11) is 1.78. The largest absolute Gasteiger partial charge is 0.336 e. The summed E-state index contributed by atoms with van der Waals surface area (Å²) in [6.45, 7) is 1.98. The molecule has 2 aromatic carbocycles. The summed E-state index contributed by atoms with van der Waals surface area (Å²) < 4.78 is 1.12. The van der Waals surface area contributed by atoms with E-state index in [0.717, 1.165) is 15.2 Å². The van der Waals surface area contributed by atoms with Crippen LogP contribution in [0.2, 0.25) is 10.0 Å². The molecule has 3 nitrogen and oxygen atoms in total. The SMILES string of the molecule is C[C@H](c1nc2ccccc2s1)N(C)C(=O)Cc1c(Cl)cccc1Cl. The molecule has 6 heteroatoms. The van der Waals surface area contributed by atoms with Crippen LogP contribution in [-0.4, -0.2) is 22.8 Å². The standard InChI is InChI=1S/C18H16Cl2N2OS/c1-11(18-21-15-8-3-4-9-16(15)24-18)22(2)17(23)10-12-13(19)6-5-7-14(12)20/h3-9,11H,10H2,1-2H3/t11-/m1/s1. The molecule has 0 N–H and O–H groups in total. The third kappa shape index (κ3) is 3.41. The number of halogens is 2. The number of hydrogen-bond donors (Lipinski definition) is 0. The third-order valence-electron chi connectivity index (χ3n) is 4.03. The molecule has 1 atom stereocenters. The lowest BCUT2D eigenvalue weighted by molar-refractivity contribution is -0.131. The van der Waals surface area contributed by atoms with Gasteiger partial charge in [-0.1, -0.05) is 41.4 Å². The molecule has 3 rings (SSSR count). The van der Waals surface area contributed by atoms with Crippen molar-refractivity contribution in [2.45, 2.75) is 19.4 Å². The molecule has 0 radical (unpaired) electrons. The average Bonchev–Trinajstić information content (AvgIpc) is 3.00. The Morgan fingerprint density at radius 1 is 1.17 bits per heavy atom. The van der Waals surface area contributed by atoms with Crippen molar-refractivity contribution in [3.8, 4) is 0 Å². The molecule has 3 aromatic rings. The minimum atomic E-state index is -0.115. The summed E-state index contributed by atoms with van der Waals surface area (Å²) >= 11 is 13.9. The molecule has 0 aliphatic carbocycles. The Labute approximate surface area is 154 Å². The van der Waals surface area contributed by atoms with E-state index in [-0.39, 0.29) is 18.4 Å². The monoisotopic (exact) mass is 378 g/mol. The van der Waals surface area contributed by atoms with Gasteiger partial charge in [0.1, 0.15) is 5.01 Å². The Morgan fingerprint density at radius 3 is 2.50 bits per heavy atom. The second-order valence-electron chi connectivity index (χ2n) is 5.58. The third-order valence-corrected chi connectivity index (χ3v) is 5.95. The molecular weight excluding hydrogens is 363 g/mol. The van der Waals surface area contributed by atoms with Crippen LogP contribution in [0.4, 0.5) is 0 Å². The molecule has 0 saturated carbocycles. The number of para-hydroxylation sites is 1. The molecule has 1 heterocycles. The number of likely N-dealkylation sites (N-methyl/N-ethyl adjacent to an activating group) is 1.